The van der Waals surface area contributed by atoms with Crippen LogP contribution in [0.1, 0.15) is 19.7 Å². The van der Waals surface area contributed by atoms with E-state index in [0.29, 0.717) is 5.82 Å². The number of ether oxygens (including phenoxy) is 1. The van der Waals surface area contributed by atoms with Gasteiger partial charge < -0.3 is 4.74 Å². The summed E-state index contributed by atoms with van der Waals surface area (Å²) in [5, 5.41) is 0.217. The van der Waals surface area contributed by atoms with E-state index in [9.17, 15) is 8.42 Å². The summed E-state index contributed by atoms with van der Waals surface area (Å²) in [5.41, 5.74) is -0.660. The van der Waals surface area contributed by atoms with Crippen LogP contribution < -0.4 is 4.72 Å². The molecule has 0 radical (unpaired) electrons. The third-order valence-electron chi connectivity index (χ3n) is 2.75. The van der Waals surface area contributed by atoms with Gasteiger partial charge in [-0.3, -0.25) is 4.72 Å². The summed E-state index contributed by atoms with van der Waals surface area (Å²) in [6.07, 6.45) is 0. The Morgan fingerprint density at radius 1 is 1.25 bits per heavy atom. The number of benzene rings is 1. The first-order valence-electron chi connectivity index (χ1n) is 5.82. The Hall–Kier alpha value is -1.51. The van der Waals surface area contributed by atoms with Gasteiger partial charge in [-0.2, -0.15) is 9.36 Å². The molecule has 6 nitrogen and oxygen atoms in total. The molecular weight excluding hydrogens is 298 g/mol. The molecular formula is C12H15N3O3S2. The molecule has 0 aliphatic heterocycles. The Labute approximate surface area is 122 Å². The zero-order chi connectivity index (χ0) is 14.8. The summed E-state index contributed by atoms with van der Waals surface area (Å²) in [7, 11) is -2.08. The van der Waals surface area contributed by atoms with Crippen molar-refractivity contribution in [3.63, 3.8) is 0 Å². The summed E-state index contributed by atoms with van der Waals surface area (Å²) in [6.45, 7) is 3.62. The normalized spacial score (nSPS) is 12.3. The van der Waals surface area contributed by atoms with E-state index in [0.717, 1.165) is 11.5 Å². The van der Waals surface area contributed by atoms with Gasteiger partial charge in [0.15, 0.2) is 5.82 Å². The van der Waals surface area contributed by atoms with Gasteiger partial charge in [0.25, 0.3) is 10.0 Å². The highest BCUT2D eigenvalue weighted by atomic mass is 32.2. The van der Waals surface area contributed by atoms with Gasteiger partial charge in [-0.15, -0.1) is 0 Å². The zero-order valence-corrected chi connectivity index (χ0v) is 13.0. The maximum absolute atomic E-state index is 12.1. The lowest BCUT2D eigenvalue weighted by Gasteiger charge is -2.18. The lowest BCUT2D eigenvalue weighted by molar-refractivity contribution is 0.0126. The fourth-order valence-corrected chi connectivity index (χ4v) is 3.32. The fraction of sp³-hybridized carbons (Fsp3) is 0.333. The third kappa shape index (κ3) is 3.14. The predicted octanol–water partition coefficient (Wildman–Crippen LogP) is 2.22. The molecule has 0 saturated heterocycles. The van der Waals surface area contributed by atoms with Crippen molar-refractivity contribution >= 4 is 26.7 Å². The van der Waals surface area contributed by atoms with Crippen LogP contribution in [0.4, 0.5) is 5.13 Å². The Morgan fingerprint density at radius 3 is 2.50 bits per heavy atom. The van der Waals surface area contributed by atoms with E-state index in [2.05, 4.69) is 14.1 Å². The van der Waals surface area contributed by atoms with Crippen LogP contribution in [0.3, 0.4) is 0 Å². The monoisotopic (exact) mass is 313 g/mol. The Bertz CT molecular complexity index is 681. The van der Waals surface area contributed by atoms with Crippen LogP contribution in [-0.2, 0) is 20.4 Å². The SMILES string of the molecule is COC(C)(C)c1nsc(NS(=O)(=O)c2ccccc2)n1. The molecule has 0 fully saturated rings. The van der Waals surface area contributed by atoms with Crippen molar-refractivity contribution in [1.29, 1.82) is 0 Å². The van der Waals surface area contributed by atoms with Crippen molar-refractivity contribution in [1.82, 2.24) is 9.36 Å². The first-order valence-corrected chi connectivity index (χ1v) is 8.08. The highest BCUT2D eigenvalue weighted by molar-refractivity contribution is 7.93. The highest BCUT2D eigenvalue weighted by Gasteiger charge is 2.26. The van der Waals surface area contributed by atoms with Crippen LogP contribution in [0.5, 0.6) is 0 Å². The Kier molecular flexibility index (Phi) is 4.07. The minimum Gasteiger partial charge on any atom is -0.371 e. The van der Waals surface area contributed by atoms with Gasteiger partial charge in [-0.25, -0.2) is 8.42 Å². The molecule has 1 aromatic heterocycles. The number of nitrogens with zero attached hydrogens (tertiary/aromatic N) is 2. The smallest absolute Gasteiger partial charge is 0.263 e. The van der Waals surface area contributed by atoms with E-state index < -0.39 is 15.6 Å². The summed E-state index contributed by atoms with van der Waals surface area (Å²) in [4.78, 5) is 4.34. The summed E-state index contributed by atoms with van der Waals surface area (Å²) in [5.74, 6) is 0.441. The molecule has 20 heavy (non-hydrogen) atoms. The van der Waals surface area contributed by atoms with E-state index in [1.54, 1.807) is 25.3 Å². The average Bonchev–Trinajstić information content (AvgIpc) is 2.88. The van der Waals surface area contributed by atoms with E-state index >= 15 is 0 Å². The molecule has 0 aliphatic carbocycles. The third-order valence-corrected chi connectivity index (χ3v) is 4.86. The van der Waals surface area contributed by atoms with Crippen LogP contribution in [0.25, 0.3) is 0 Å². The maximum Gasteiger partial charge on any atom is 0.263 e. The van der Waals surface area contributed by atoms with E-state index in [1.807, 2.05) is 13.8 Å². The van der Waals surface area contributed by atoms with Gasteiger partial charge >= 0.3 is 0 Å². The maximum atomic E-state index is 12.1. The van der Waals surface area contributed by atoms with Gasteiger partial charge in [0.1, 0.15) is 5.60 Å². The van der Waals surface area contributed by atoms with Crippen molar-refractivity contribution in [3.8, 4) is 0 Å². The lowest BCUT2D eigenvalue weighted by atomic mass is 10.1. The van der Waals surface area contributed by atoms with Crippen LogP contribution in [0.15, 0.2) is 35.2 Å². The molecule has 108 valence electrons. The van der Waals surface area contributed by atoms with Crippen molar-refractivity contribution in [3.05, 3.63) is 36.2 Å². The summed E-state index contributed by atoms with van der Waals surface area (Å²) in [6, 6.07) is 8.11. The van der Waals surface area contributed by atoms with Gasteiger partial charge in [0.2, 0.25) is 5.13 Å². The second-order valence-electron chi connectivity index (χ2n) is 4.56. The van der Waals surface area contributed by atoms with Crippen molar-refractivity contribution in [2.75, 3.05) is 11.8 Å². The molecule has 0 atom stereocenters. The van der Waals surface area contributed by atoms with Crippen LogP contribution in [0.2, 0.25) is 0 Å². The van der Waals surface area contributed by atoms with Crippen LogP contribution in [0, 0.1) is 0 Å². The Balaban J connectivity index is 2.23. The molecule has 0 bridgehead atoms. The van der Waals surface area contributed by atoms with Gasteiger partial charge in [0, 0.05) is 18.6 Å². The quantitative estimate of drug-likeness (QED) is 0.915. The largest absolute Gasteiger partial charge is 0.371 e. The molecule has 1 N–H and O–H groups in total. The van der Waals surface area contributed by atoms with Crippen molar-refractivity contribution in [2.24, 2.45) is 0 Å². The summed E-state index contributed by atoms with van der Waals surface area (Å²) < 4.78 is 36.0. The lowest BCUT2D eigenvalue weighted by Crippen LogP contribution is -2.21. The first kappa shape index (κ1) is 14.9. The Morgan fingerprint density at radius 2 is 1.90 bits per heavy atom. The first-order chi connectivity index (χ1) is 9.35. The molecule has 0 saturated carbocycles. The average molecular weight is 313 g/mol. The van der Waals surface area contributed by atoms with Crippen molar-refractivity contribution < 1.29 is 13.2 Å². The van der Waals surface area contributed by atoms with Crippen LogP contribution >= 0.6 is 11.5 Å². The molecule has 2 aromatic rings. The minimum absolute atomic E-state index is 0.183. The van der Waals surface area contributed by atoms with E-state index in [-0.39, 0.29) is 10.0 Å². The topological polar surface area (TPSA) is 81.2 Å². The molecule has 0 spiro atoms. The number of hydrogen-bond acceptors (Lipinski definition) is 6. The predicted molar refractivity (Wildman–Crippen MR) is 77.2 cm³/mol. The van der Waals surface area contributed by atoms with Crippen LogP contribution in [-0.4, -0.2) is 24.9 Å². The van der Waals surface area contributed by atoms with Gasteiger partial charge in [-0.1, -0.05) is 18.2 Å². The number of sulfonamides is 1. The molecule has 8 heteroatoms. The molecule has 0 aliphatic rings. The summed E-state index contributed by atoms with van der Waals surface area (Å²) >= 11 is 0.982. The molecule has 0 unspecified atom stereocenters. The number of aromatic nitrogens is 2. The second-order valence-corrected chi connectivity index (χ2v) is 6.99. The molecule has 1 aromatic carbocycles. The number of methoxy groups -OCH3 is 1. The molecule has 0 amide bonds. The minimum atomic E-state index is -3.64. The zero-order valence-electron chi connectivity index (χ0n) is 11.3. The number of nitrogens with one attached hydrogen (secondary N) is 1. The standard InChI is InChI=1S/C12H15N3O3S2/c1-12(2,18-3)10-13-11(19-14-10)15-20(16,17)9-7-5-4-6-8-9/h4-8H,1-3H3,(H,13,14,15). The highest BCUT2D eigenvalue weighted by Crippen LogP contribution is 2.25. The number of rotatable bonds is 5. The second kappa shape index (κ2) is 5.47. The van der Waals surface area contributed by atoms with Gasteiger partial charge in [0.05, 0.1) is 4.90 Å². The number of anilines is 1. The fourth-order valence-electron chi connectivity index (χ4n) is 1.37. The van der Waals surface area contributed by atoms with E-state index in [4.69, 9.17) is 4.74 Å². The van der Waals surface area contributed by atoms with E-state index in [1.165, 1.54) is 12.1 Å². The molecule has 2 rings (SSSR count). The van der Waals surface area contributed by atoms with Gasteiger partial charge in [-0.05, 0) is 26.0 Å². The number of hydrogen-bond donors (Lipinski definition) is 1. The van der Waals surface area contributed by atoms with Crippen molar-refractivity contribution in [2.45, 2.75) is 24.3 Å². The molecule has 1 heterocycles.